The molecule has 0 bridgehead atoms. The third-order valence-electron chi connectivity index (χ3n) is 2.69. The highest BCUT2D eigenvalue weighted by Crippen LogP contribution is 2.25. The minimum Gasteiger partial charge on any atom is -0.320 e. The molecular weight excluding hydrogens is 281 g/mol. The zero-order valence-electron chi connectivity index (χ0n) is 9.45. The minimum atomic E-state index is -0.438. The topological polar surface area (TPSA) is 26.0 Å². The summed E-state index contributed by atoms with van der Waals surface area (Å²) in [5, 5.41) is 0. The van der Waals surface area contributed by atoms with Gasteiger partial charge in [0.15, 0.2) is 0 Å². The molecule has 1 unspecified atom stereocenters. The smallest absolute Gasteiger partial charge is 0.128 e. The van der Waals surface area contributed by atoms with Crippen molar-refractivity contribution in [1.82, 2.24) is 0 Å². The van der Waals surface area contributed by atoms with Gasteiger partial charge in [-0.25, -0.2) is 4.39 Å². The van der Waals surface area contributed by atoms with Crippen molar-refractivity contribution < 1.29 is 4.39 Å². The van der Waals surface area contributed by atoms with Gasteiger partial charge < -0.3 is 5.73 Å². The Labute approximate surface area is 109 Å². The Hall–Kier alpha value is -1.19. The molecule has 0 aliphatic heterocycles. The average Bonchev–Trinajstić information content (AvgIpc) is 2.31. The number of benzene rings is 2. The number of halogens is 2. The van der Waals surface area contributed by atoms with E-state index in [0.717, 1.165) is 15.6 Å². The molecule has 0 saturated heterocycles. The molecule has 0 radical (unpaired) electrons. The molecular formula is C14H13BrFN. The number of hydrogen-bond donors (Lipinski definition) is 1. The second-order valence-electron chi connectivity index (χ2n) is 4.06. The van der Waals surface area contributed by atoms with Gasteiger partial charge in [-0.05, 0) is 30.7 Å². The Morgan fingerprint density at radius 2 is 1.94 bits per heavy atom. The second kappa shape index (κ2) is 4.98. The molecule has 2 aromatic rings. The van der Waals surface area contributed by atoms with Crippen molar-refractivity contribution in [2.45, 2.75) is 13.0 Å². The molecule has 0 amide bonds. The maximum absolute atomic E-state index is 13.7. The van der Waals surface area contributed by atoms with Gasteiger partial charge in [0, 0.05) is 10.0 Å². The summed E-state index contributed by atoms with van der Waals surface area (Å²) in [5.74, 6) is -0.276. The predicted molar refractivity (Wildman–Crippen MR) is 71.3 cm³/mol. The predicted octanol–water partition coefficient (Wildman–Crippen LogP) is 3.94. The van der Waals surface area contributed by atoms with Crippen molar-refractivity contribution in [2.75, 3.05) is 0 Å². The maximum atomic E-state index is 13.7. The Morgan fingerprint density at radius 1 is 1.18 bits per heavy atom. The molecule has 0 aliphatic carbocycles. The van der Waals surface area contributed by atoms with Gasteiger partial charge in [-0.3, -0.25) is 0 Å². The molecule has 1 atom stereocenters. The first-order chi connectivity index (χ1) is 8.08. The van der Waals surface area contributed by atoms with Crippen LogP contribution in [0.3, 0.4) is 0 Å². The molecule has 0 saturated carbocycles. The molecule has 0 heterocycles. The highest BCUT2D eigenvalue weighted by Gasteiger charge is 2.13. The molecule has 0 aliphatic rings. The summed E-state index contributed by atoms with van der Waals surface area (Å²) in [6.07, 6.45) is 0. The maximum Gasteiger partial charge on any atom is 0.128 e. The second-order valence-corrected chi connectivity index (χ2v) is 4.97. The highest BCUT2D eigenvalue weighted by atomic mass is 79.9. The van der Waals surface area contributed by atoms with Crippen LogP contribution in [0.1, 0.15) is 22.7 Å². The molecule has 1 nitrogen and oxygen atoms in total. The van der Waals surface area contributed by atoms with E-state index in [2.05, 4.69) is 15.9 Å². The SMILES string of the molecule is Cc1cccc(C(N)c2cc(Br)ccc2F)c1. The van der Waals surface area contributed by atoms with Crippen molar-refractivity contribution in [1.29, 1.82) is 0 Å². The summed E-state index contributed by atoms with van der Waals surface area (Å²) in [6.45, 7) is 1.99. The van der Waals surface area contributed by atoms with E-state index < -0.39 is 6.04 Å². The zero-order valence-corrected chi connectivity index (χ0v) is 11.0. The van der Waals surface area contributed by atoms with Gasteiger partial charge in [-0.1, -0.05) is 45.8 Å². The molecule has 0 fully saturated rings. The van der Waals surface area contributed by atoms with E-state index in [-0.39, 0.29) is 5.82 Å². The van der Waals surface area contributed by atoms with Crippen LogP contribution in [0.2, 0.25) is 0 Å². The van der Waals surface area contributed by atoms with Crippen molar-refractivity contribution in [3.8, 4) is 0 Å². The van der Waals surface area contributed by atoms with E-state index in [9.17, 15) is 4.39 Å². The van der Waals surface area contributed by atoms with Gasteiger partial charge in [0.05, 0.1) is 6.04 Å². The highest BCUT2D eigenvalue weighted by molar-refractivity contribution is 9.10. The lowest BCUT2D eigenvalue weighted by molar-refractivity contribution is 0.599. The first-order valence-electron chi connectivity index (χ1n) is 5.35. The van der Waals surface area contributed by atoms with Crippen LogP contribution in [0.15, 0.2) is 46.9 Å². The molecule has 0 spiro atoms. The fourth-order valence-electron chi connectivity index (χ4n) is 1.80. The van der Waals surface area contributed by atoms with Crippen molar-refractivity contribution in [3.63, 3.8) is 0 Å². The monoisotopic (exact) mass is 293 g/mol. The number of rotatable bonds is 2. The van der Waals surface area contributed by atoms with E-state index in [0.29, 0.717) is 5.56 Å². The Morgan fingerprint density at radius 3 is 2.65 bits per heavy atom. The van der Waals surface area contributed by atoms with Gasteiger partial charge in [-0.15, -0.1) is 0 Å². The molecule has 88 valence electrons. The number of hydrogen-bond acceptors (Lipinski definition) is 1. The van der Waals surface area contributed by atoms with Crippen LogP contribution in [-0.4, -0.2) is 0 Å². The Bertz CT molecular complexity index is 539. The van der Waals surface area contributed by atoms with Crippen LogP contribution in [0.4, 0.5) is 4.39 Å². The molecule has 2 N–H and O–H groups in total. The summed E-state index contributed by atoms with van der Waals surface area (Å²) in [6, 6.07) is 12.2. The van der Waals surface area contributed by atoms with Gasteiger partial charge in [0.1, 0.15) is 5.82 Å². The average molecular weight is 294 g/mol. The first-order valence-corrected chi connectivity index (χ1v) is 6.14. The first kappa shape index (κ1) is 12.3. The van der Waals surface area contributed by atoms with Crippen LogP contribution in [0.25, 0.3) is 0 Å². The molecule has 17 heavy (non-hydrogen) atoms. The summed E-state index contributed by atoms with van der Waals surface area (Å²) in [7, 11) is 0. The summed E-state index contributed by atoms with van der Waals surface area (Å²) < 4.78 is 14.5. The summed E-state index contributed by atoms with van der Waals surface area (Å²) in [5.41, 5.74) is 8.64. The standard InChI is InChI=1S/C14H13BrFN/c1-9-3-2-4-10(7-9)14(17)12-8-11(15)5-6-13(12)16/h2-8,14H,17H2,1H3. The van der Waals surface area contributed by atoms with Gasteiger partial charge in [0.25, 0.3) is 0 Å². The molecule has 3 heteroatoms. The fraction of sp³-hybridized carbons (Fsp3) is 0.143. The molecule has 0 aromatic heterocycles. The van der Waals surface area contributed by atoms with Crippen LogP contribution < -0.4 is 5.73 Å². The lowest BCUT2D eigenvalue weighted by Gasteiger charge is -2.14. The van der Waals surface area contributed by atoms with E-state index in [1.165, 1.54) is 6.07 Å². The van der Waals surface area contributed by atoms with Crippen LogP contribution in [-0.2, 0) is 0 Å². The third-order valence-corrected chi connectivity index (χ3v) is 3.19. The van der Waals surface area contributed by atoms with Crippen molar-refractivity contribution in [2.24, 2.45) is 5.73 Å². The molecule has 2 aromatic carbocycles. The lowest BCUT2D eigenvalue weighted by atomic mass is 9.98. The van der Waals surface area contributed by atoms with Crippen molar-refractivity contribution in [3.05, 3.63) is 69.4 Å². The zero-order chi connectivity index (χ0) is 12.4. The van der Waals surface area contributed by atoms with Gasteiger partial charge in [0.2, 0.25) is 0 Å². The Balaban J connectivity index is 2.43. The van der Waals surface area contributed by atoms with Crippen LogP contribution >= 0.6 is 15.9 Å². The van der Waals surface area contributed by atoms with E-state index in [1.54, 1.807) is 12.1 Å². The number of nitrogens with two attached hydrogens (primary N) is 1. The van der Waals surface area contributed by atoms with Crippen LogP contribution in [0, 0.1) is 12.7 Å². The fourth-order valence-corrected chi connectivity index (χ4v) is 2.17. The normalized spacial score (nSPS) is 12.5. The van der Waals surface area contributed by atoms with Crippen LogP contribution in [0.5, 0.6) is 0 Å². The van der Waals surface area contributed by atoms with Crippen molar-refractivity contribution >= 4 is 15.9 Å². The van der Waals surface area contributed by atoms with E-state index in [4.69, 9.17) is 5.73 Å². The van der Waals surface area contributed by atoms with E-state index in [1.807, 2.05) is 31.2 Å². The Kier molecular flexibility index (Phi) is 3.60. The summed E-state index contributed by atoms with van der Waals surface area (Å²) in [4.78, 5) is 0. The quantitative estimate of drug-likeness (QED) is 0.892. The summed E-state index contributed by atoms with van der Waals surface area (Å²) >= 11 is 3.33. The van der Waals surface area contributed by atoms with E-state index >= 15 is 0 Å². The minimum absolute atomic E-state index is 0.276. The lowest BCUT2D eigenvalue weighted by Crippen LogP contribution is -2.13. The largest absolute Gasteiger partial charge is 0.320 e. The van der Waals surface area contributed by atoms with Gasteiger partial charge in [-0.2, -0.15) is 0 Å². The third kappa shape index (κ3) is 2.73. The molecule has 2 rings (SSSR count). The number of aryl methyl sites for hydroxylation is 1. The van der Waals surface area contributed by atoms with Gasteiger partial charge >= 0.3 is 0 Å².